The van der Waals surface area contributed by atoms with E-state index in [-0.39, 0.29) is 0 Å². The topological polar surface area (TPSA) is 0 Å². The third-order valence-electron chi connectivity index (χ3n) is 2.00. The first kappa shape index (κ1) is 14.4. The van der Waals surface area contributed by atoms with E-state index in [1.165, 1.54) is 0 Å². The van der Waals surface area contributed by atoms with Crippen LogP contribution >= 0.6 is 92.8 Å². The molecule has 0 amide bonds. The van der Waals surface area contributed by atoms with Gasteiger partial charge in [-0.2, -0.15) is 0 Å². The normalized spacial score (nSPS) is 46.3. The van der Waals surface area contributed by atoms with Gasteiger partial charge in [0, 0.05) is 0 Å². The van der Waals surface area contributed by atoms with Gasteiger partial charge in [-0.3, -0.25) is 0 Å². The fraction of sp³-hybridized carbons (Fsp3) is 1.00. The number of hydrogen-bond donors (Lipinski definition) is 0. The maximum Gasteiger partial charge on any atom is 0.170 e. The molecule has 4 atom stereocenters. The summed E-state index contributed by atoms with van der Waals surface area (Å²) in [6.45, 7) is 0. The summed E-state index contributed by atoms with van der Waals surface area (Å²) in [6.07, 6.45) is 0. The van der Waals surface area contributed by atoms with Crippen LogP contribution in [-0.2, 0) is 0 Å². The molecule has 1 rings (SSSR count). The van der Waals surface area contributed by atoms with Crippen LogP contribution in [0, 0.1) is 0 Å². The van der Waals surface area contributed by atoms with Gasteiger partial charge in [0.15, 0.2) is 8.67 Å². The Morgan fingerprint density at radius 1 is 0.571 bits per heavy atom. The van der Waals surface area contributed by atoms with E-state index in [1.807, 2.05) is 0 Å². The van der Waals surface area contributed by atoms with Gasteiger partial charge in [0.05, 0.1) is 21.5 Å². The van der Waals surface area contributed by atoms with Crippen LogP contribution in [0.4, 0.5) is 0 Å². The van der Waals surface area contributed by atoms with E-state index in [0.717, 1.165) is 0 Å². The second kappa shape index (κ2) is 4.53. The smallest absolute Gasteiger partial charge is 0.120 e. The van der Waals surface area contributed by atoms with E-state index in [2.05, 4.69) is 0 Å². The summed E-state index contributed by atoms with van der Waals surface area (Å²) in [4.78, 5) is 0. The van der Waals surface area contributed by atoms with Crippen molar-refractivity contribution in [3.05, 3.63) is 0 Å². The zero-order valence-electron chi connectivity index (χ0n) is 6.33. The monoisotopic (exact) mass is 356 g/mol. The van der Waals surface area contributed by atoms with Crippen molar-refractivity contribution in [1.29, 1.82) is 0 Å². The van der Waals surface area contributed by atoms with Crippen LogP contribution in [0.1, 0.15) is 0 Å². The Bertz CT molecular complexity index is 202. The molecule has 0 aromatic rings. The van der Waals surface area contributed by atoms with Gasteiger partial charge in [0.2, 0.25) is 0 Å². The minimum atomic E-state index is -1.65. The molecule has 0 bridgehead atoms. The van der Waals surface area contributed by atoms with Crippen LogP contribution in [0.3, 0.4) is 0 Å². The Morgan fingerprint density at radius 2 is 0.786 bits per heavy atom. The van der Waals surface area contributed by atoms with Crippen molar-refractivity contribution in [1.82, 2.24) is 0 Å². The largest absolute Gasteiger partial charge is 0.170 e. The van der Waals surface area contributed by atoms with E-state index >= 15 is 0 Å². The van der Waals surface area contributed by atoms with Crippen LogP contribution in [0.5, 0.6) is 0 Å². The van der Waals surface area contributed by atoms with Crippen LogP contribution in [0.15, 0.2) is 0 Å². The lowest BCUT2D eigenvalue weighted by molar-refractivity contribution is 0.478. The van der Waals surface area contributed by atoms with Crippen molar-refractivity contribution >= 4 is 92.8 Å². The second-order valence-corrected chi connectivity index (χ2v) is 7.66. The molecule has 0 aromatic carbocycles. The molecule has 1 aliphatic carbocycles. The molecule has 84 valence electrons. The van der Waals surface area contributed by atoms with Crippen molar-refractivity contribution in [3.8, 4) is 0 Å². The molecule has 0 aromatic heterocycles. The summed E-state index contributed by atoms with van der Waals surface area (Å²) in [7, 11) is 0. The average molecular weight is 360 g/mol. The number of hydrogen-bond acceptors (Lipinski definition) is 0. The third kappa shape index (κ3) is 2.04. The van der Waals surface area contributed by atoms with Gasteiger partial charge >= 0.3 is 0 Å². The molecular weight excluding hydrogens is 356 g/mol. The molecule has 0 N–H and O–H groups in total. The first-order valence-corrected chi connectivity index (χ1v) is 6.71. The summed E-state index contributed by atoms with van der Waals surface area (Å²) in [5.74, 6) is 0. The van der Waals surface area contributed by atoms with E-state index in [1.54, 1.807) is 0 Å². The summed E-state index contributed by atoms with van der Waals surface area (Å²) >= 11 is 47.2. The molecule has 0 heterocycles. The SMILES string of the molecule is Cl[C@H]1[C@H](Cl)[C@@H](Cl)C(Cl)(Cl)C(Cl)(Cl)[C@@H]1Cl. The van der Waals surface area contributed by atoms with Crippen molar-refractivity contribution in [2.45, 2.75) is 30.2 Å². The van der Waals surface area contributed by atoms with E-state index < -0.39 is 30.2 Å². The first-order chi connectivity index (χ1) is 6.14. The first-order valence-electron chi connectivity index (χ1n) is 3.46. The molecule has 1 aliphatic rings. The molecule has 0 spiro atoms. The minimum Gasteiger partial charge on any atom is -0.120 e. The van der Waals surface area contributed by atoms with Crippen LogP contribution in [-0.4, -0.2) is 30.2 Å². The lowest BCUT2D eigenvalue weighted by Crippen LogP contribution is -2.62. The summed E-state index contributed by atoms with van der Waals surface area (Å²) in [5.41, 5.74) is 0. The van der Waals surface area contributed by atoms with Crippen LogP contribution < -0.4 is 0 Å². The molecule has 0 unspecified atom stereocenters. The lowest BCUT2D eigenvalue weighted by atomic mass is 9.96. The van der Waals surface area contributed by atoms with Crippen LogP contribution in [0.2, 0.25) is 0 Å². The fourth-order valence-electron chi connectivity index (χ4n) is 1.09. The standard InChI is InChI=1S/C6H4Cl8/c7-1-2(8)4(10)6(13,14)5(11,12)3(1)9/h1-4H/t1-,2-,3+,4+/m0/s1. The second-order valence-electron chi connectivity index (χ2n) is 2.94. The van der Waals surface area contributed by atoms with Crippen molar-refractivity contribution < 1.29 is 0 Å². The fourth-order valence-corrected chi connectivity index (χ4v) is 4.06. The van der Waals surface area contributed by atoms with Gasteiger partial charge in [0.25, 0.3) is 0 Å². The Kier molecular flexibility index (Phi) is 4.66. The van der Waals surface area contributed by atoms with E-state index in [9.17, 15) is 0 Å². The van der Waals surface area contributed by atoms with Gasteiger partial charge in [-0.05, 0) is 0 Å². The van der Waals surface area contributed by atoms with Gasteiger partial charge in [-0.15, -0.1) is 46.4 Å². The molecule has 1 saturated carbocycles. The van der Waals surface area contributed by atoms with Gasteiger partial charge < -0.3 is 0 Å². The lowest BCUT2D eigenvalue weighted by Gasteiger charge is -2.47. The molecular formula is C6H4Cl8. The summed E-state index contributed by atoms with van der Waals surface area (Å²) in [6, 6.07) is 0. The Morgan fingerprint density at radius 3 is 1.00 bits per heavy atom. The number of rotatable bonds is 0. The molecule has 0 aliphatic heterocycles. The predicted octanol–water partition coefficient (Wildman–Crippen LogP) is 4.78. The number of halogens is 8. The molecule has 0 nitrogen and oxygen atoms in total. The Labute approximate surface area is 122 Å². The van der Waals surface area contributed by atoms with Gasteiger partial charge in [-0.25, -0.2) is 0 Å². The van der Waals surface area contributed by atoms with Gasteiger partial charge in [0.1, 0.15) is 0 Å². The Balaban J connectivity index is 3.10. The van der Waals surface area contributed by atoms with Crippen molar-refractivity contribution in [2.24, 2.45) is 0 Å². The van der Waals surface area contributed by atoms with Crippen LogP contribution in [0.25, 0.3) is 0 Å². The summed E-state index contributed by atoms with van der Waals surface area (Å²) in [5, 5.41) is -3.19. The maximum atomic E-state index is 5.91. The van der Waals surface area contributed by atoms with Crippen molar-refractivity contribution in [2.75, 3.05) is 0 Å². The summed E-state index contributed by atoms with van der Waals surface area (Å²) < 4.78 is -3.30. The third-order valence-corrected chi connectivity index (χ3v) is 7.60. The van der Waals surface area contributed by atoms with E-state index in [4.69, 9.17) is 92.8 Å². The zero-order chi connectivity index (χ0) is 11.3. The quantitative estimate of drug-likeness (QED) is 0.546. The highest BCUT2D eigenvalue weighted by Crippen LogP contribution is 2.57. The molecule has 14 heavy (non-hydrogen) atoms. The minimum absolute atomic E-state index is 0.707. The molecule has 8 heteroatoms. The maximum absolute atomic E-state index is 5.91. The highest BCUT2D eigenvalue weighted by atomic mass is 35.5. The zero-order valence-corrected chi connectivity index (χ0v) is 12.4. The Hall–Kier alpha value is 2.32. The highest BCUT2D eigenvalue weighted by molar-refractivity contribution is 6.67. The molecule has 1 fully saturated rings. The number of alkyl halides is 8. The molecule has 0 radical (unpaired) electrons. The highest BCUT2D eigenvalue weighted by Gasteiger charge is 2.65. The van der Waals surface area contributed by atoms with Crippen molar-refractivity contribution in [3.63, 3.8) is 0 Å². The average Bonchev–Trinajstić information content (AvgIpc) is 2.10. The van der Waals surface area contributed by atoms with E-state index in [0.29, 0.717) is 0 Å². The van der Waals surface area contributed by atoms with Gasteiger partial charge in [-0.1, -0.05) is 46.4 Å². The molecule has 0 saturated heterocycles. The predicted molar refractivity (Wildman–Crippen MR) is 67.4 cm³/mol.